The minimum absolute atomic E-state index is 0.265. The molecule has 0 aliphatic heterocycles. The number of rotatable bonds is 2. The summed E-state index contributed by atoms with van der Waals surface area (Å²) in [6.07, 6.45) is 5.28. The summed E-state index contributed by atoms with van der Waals surface area (Å²) in [5.41, 5.74) is 0.0309. The second-order valence-electron chi connectivity index (χ2n) is 2.42. The zero-order chi connectivity index (χ0) is 9.84. The van der Waals surface area contributed by atoms with E-state index >= 15 is 0 Å². The highest BCUT2D eigenvalue weighted by Crippen LogP contribution is 2.18. The second kappa shape index (κ2) is 3.68. The lowest BCUT2D eigenvalue weighted by molar-refractivity contribution is -0.387. The molecule has 0 saturated heterocycles. The van der Waals surface area contributed by atoms with Crippen molar-refractivity contribution >= 4 is 5.69 Å². The van der Waals surface area contributed by atoms with Crippen LogP contribution in [0.1, 0.15) is 5.56 Å². The standard InChI is InChI=1S/C9H6FNO2/c1-2-3-7-4-5-8(10)9(6-7)11(12)13/h1,4-6H,3H2. The van der Waals surface area contributed by atoms with Gasteiger partial charge in [-0.3, -0.25) is 10.1 Å². The van der Waals surface area contributed by atoms with Crippen LogP contribution in [-0.2, 0) is 6.42 Å². The van der Waals surface area contributed by atoms with Gasteiger partial charge in [0, 0.05) is 12.5 Å². The van der Waals surface area contributed by atoms with Gasteiger partial charge in [0.05, 0.1) is 4.92 Å². The molecule has 0 spiro atoms. The van der Waals surface area contributed by atoms with E-state index in [4.69, 9.17) is 6.42 Å². The predicted molar refractivity (Wildman–Crippen MR) is 45.6 cm³/mol. The molecule has 0 atom stereocenters. The molecule has 0 unspecified atom stereocenters. The molecule has 0 aliphatic carbocycles. The smallest absolute Gasteiger partial charge is 0.258 e. The highest BCUT2D eigenvalue weighted by molar-refractivity contribution is 5.37. The Bertz CT molecular complexity index is 382. The van der Waals surface area contributed by atoms with Gasteiger partial charge in [-0.2, -0.15) is 4.39 Å². The van der Waals surface area contributed by atoms with Crippen LogP contribution in [0.15, 0.2) is 18.2 Å². The first-order valence-electron chi connectivity index (χ1n) is 3.51. The normalized spacial score (nSPS) is 9.23. The van der Waals surface area contributed by atoms with Gasteiger partial charge in [0.1, 0.15) is 0 Å². The lowest BCUT2D eigenvalue weighted by Gasteiger charge is -1.96. The first kappa shape index (κ1) is 9.20. The zero-order valence-electron chi connectivity index (χ0n) is 6.66. The van der Waals surface area contributed by atoms with Gasteiger partial charge in [0.2, 0.25) is 5.82 Å². The Labute approximate surface area is 74.3 Å². The van der Waals surface area contributed by atoms with E-state index in [0.717, 1.165) is 12.1 Å². The highest BCUT2D eigenvalue weighted by Gasteiger charge is 2.13. The number of benzene rings is 1. The van der Waals surface area contributed by atoms with E-state index in [1.807, 2.05) is 0 Å². The van der Waals surface area contributed by atoms with E-state index in [-0.39, 0.29) is 6.42 Å². The molecule has 4 heteroatoms. The molecule has 3 nitrogen and oxygen atoms in total. The van der Waals surface area contributed by atoms with Gasteiger partial charge in [0.25, 0.3) is 0 Å². The molecule has 1 rings (SSSR count). The summed E-state index contributed by atoms with van der Waals surface area (Å²) in [5.74, 6) is 1.48. The molecule has 0 fully saturated rings. The zero-order valence-corrected chi connectivity index (χ0v) is 6.66. The average Bonchev–Trinajstić information content (AvgIpc) is 2.08. The fourth-order valence-corrected chi connectivity index (χ4v) is 0.926. The van der Waals surface area contributed by atoms with Crippen molar-refractivity contribution in [2.75, 3.05) is 0 Å². The van der Waals surface area contributed by atoms with E-state index in [0.29, 0.717) is 5.56 Å². The third-order valence-corrected chi connectivity index (χ3v) is 1.51. The van der Waals surface area contributed by atoms with Crippen molar-refractivity contribution in [1.82, 2.24) is 0 Å². The van der Waals surface area contributed by atoms with Crippen LogP contribution in [-0.4, -0.2) is 4.92 Å². The van der Waals surface area contributed by atoms with Crippen molar-refractivity contribution in [3.63, 3.8) is 0 Å². The third kappa shape index (κ3) is 2.03. The molecular weight excluding hydrogens is 173 g/mol. The molecule has 1 aromatic carbocycles. The Morgan fingerprint density at radius 1 is 1.62 bits per heavy atom. The Morgan fingerprint density at radius 3 is 2.85 bits per heavy atom. The molecule has 0 amide bonds. The predicted octanol–water partition coefficient (Wildman–Crippen LogP) is 1.91. The van der Waals surface area contributed by atoms with Crippen LogP contribution in [0, 0.1) is 28.3 Å². The van der Waals surface area contributed by atoms with E-state index in [9.17, 15) is 14.5 Å². The lowest BCUT2D eigenvalue weighted by Crippen LogP contribution is -1.94. The summed E-state index contributed by atoms with van der Waals surface area (Å²) in [6.45, 7) is 0. The number of terminal acetylenes is 1. The maximum atomic E-state index is 12.8. The van der Waals surface area contributed by atoms with Gasteiger partial charge in [-0.05, 0) is 11.6 Å². The molecule has 0 aliphatic rings. The van der Waals surface area contributed by atoms with Crippen molar-refractivity contribution in [2.24, 2.45) is 0 Å². The largest absolute Gasteiger partial charge is 0.305 e. The highest BCUT2D eigenvalue weighted by atomic mass is 19.1. The molecule has 66 valence electrons. The number of halogens is 1. The Morgan fingerprint density at radius 2 is 2.31 bits per heavy atom. The minimum atomic E-state index is -0.842. The first-order valence-corrected chi connectivity index (χ1v) is 3.51. The van der Waals surface area contributed by atoms with Crippen LogP contribution in [0.4, 0.5) is 10.1 Å². The van der Waals surface area contributed by atoms with Gasteiger partial charge in [0.15, 0.2) is 0 Å². The van der Waals surface area contributed by atoms with Gasteiger partial charge in [-0.1, -0.05) is 6.07 Å². The Balaban J connectivity index is 3.13. The van der Waals surface area contributed by atoms with Crippen molar-refractivity contribution in [3.8, 4) is 12.3 Å². The van der Waals surface area contributed by atoms with Crippen molar-refractivity contribution in [2.45, 2.75) is 6.42 Å². The molecule has 0 heterocycles. The summed E-state index contributed by atoms with van der Waals surface area (Å²) in [6, 6.07) is 3.63. The number of hydrogen-bond acceptors (Lipinski definition) is 2. The topological polar surface area (TPSA) is 43.1 Å². The molecule has 13 heavy (non-hydrogen) atoms. The molecule has 0 N–H and O–H groups in total. The number of nitrogens with zero attached hydrogens (tertiary/aromatic N) is 1. The average molecular weight is 179 g/mol. The molecule has 0 aromatic heterocycles. The van der Waals surface area contributed by atoms with Crippen LogP contribution < -0.4 is 0 Å². The molecule has 1 aromatic rings. The van der Waals surface area contributed by atoms with Gasteiger partial charge in [-0.15, -0.1) is 12.3 Å². The van der Waals surface area contributed by atoms with E-state index in [2.05, 4.69) is 5.92 Å². The third-order valence-electron chi connectivity index (χ3n) is 1.51. The van der Waals surface area contributed by atoms with E-state index < -0.39 is 16.4 Å². The maximum absolute atomic E-state index is 12.8. The van der Waals surface area contributed by atoms with Crippen LogP contribution >= 0.6 is 0 Å². The monoisotopic (exact) mass is 179 g/mol. The molecule has 0 bridgehead atoms. The first-order chi connectivity index (χ1) is 6.15. The van der Waals surface area contributed by atoms with Gasteiger partial charge >= 0.3 is 5.69 Å². The van der Waals surface area contributed by atoms with Gasteiger partial charge < -0.3 is 0 Å². The second-order valence-corrected chi connectivity index (χ2v) is 2.42. The summed E-state index contributed by atoms with van der Waals surface area (Å²) in [5, 5.41) is 10.3. The summed E-state index contributed by atoms with van der Waals surface area (Å²) in [7, 11) is 0. The number of nitro benzene ring substituents is 1. The molecule has 0 radical (unpaired) electrons. The van der Waals surface area contributed by atoms with Crippen LogP contribution in [0.2, 0.25) is 0 Å². The van der Waals surface area contributed by atoms with Crippen molar-refractivity contribution in [3.05, 3.63) is 39.7 Å². The summed E-state index contributed by atoms with van der Waals surface area (Å²) >= 11 is 0. The van der Waals surface area contributed by atoms with Crippen LogP contribution in [0.5, 0.6) is 0 Å². The molecular formula is C9H6FNO2. The number of nitro groups is 1. The molecule has 0 saturated carbocycles. The quantitative estimate of drug-likeness (QED) is 0.395. The van der Waals surface area contributed by atoms with Crippen molar-refractivity contribution in [1.29, 1.82) is 0 Å². The summed E-state index contributed by atoms with van der Waals surface area (Å²) < 4.78 is 12.8. The Kier molecular flexibility index (Phi) is 2.60. The van der Waals surface area contributed by atoms with E-state index in [1.54, 1.807) is 0 Å². The van der Waals surface area contributed by atoms with E-state index in [1.165, 1.54) is 6.07 Å². The summed E-state index contributed by atoms with van der Waals surface area (Å²) in [4.78, 5) is 9.52. The fourth-order valence-electron chi connectivity index (χ4n) is 0.926. The SMILES string of the molecule is C#CCc1ccc(F)c([N+](=O)[O-])c1. The lowest BCUT2D eigenvalue weighted by atomic mass is 10.1. The number of hydrogen-bond donors (Lipinski definition) is 0. The van der Waals surface area contributed by atoms with Crippen LogP contribution in [0.25, 0.3) is 0 Å². The van der Waals surface area contributed by atoms with Crippen molar-refractivity contribution < 1.29 is 9.31 Å². The van der Waals surface area contributed by atoms with Gasteiger partial charge in [-0.25, -0.2) is 0 Å². The maximum Gasteiger partial charge on any atom is 0.305 e. The Hall–Kier alpha value is -1.89. The fraction of sp³-hybridized carbons (Fsp3) is 0.111. The minimum Gasteiger partial charge on any atom is -0.258 e. The van der Waals surface area contributed by atoms with Crippen LogP contribution in [0.3, 0.4) is 0 Å².